The van der Waals surface area contributed by atoms with Crippen molar-refractivity contribution in [3.8, 4) is 28.7 Å². The zero-order valence-electron chi connectivity index (χ0n) is 20.1. The number of rotatable bonds is 5. The number of nitrogens with one attached hydrogen (secondary N) is 1. The lowest BCUT2D eigenvalue weighted by Crippen LogP contribution is -2.35. The largest absolute Gasteiger partial charge is 0.497 e. The Kier molecular flexibility index (Phi) is 5.60. The normalized spacial score (nSPS) is 17.6. The van der Waals surface area contributed by atoms with Gasteiger partial charge in [-0.25, -0.2) is 4.79 Å². The van der Waals surface area contributed by atoms with E-state index in [0.29, 0.717) is 64.2 Å². The Hall–Kier alpha value is -4.66. The van der Waals surface area contributed by atoms with Crippen LogP contribution in [0.15, 0.2) is 69.9 Å². The summed E-state index contributed by atoms with van der Waals surface area (Å²) in [6.07, 6.45) is -1.07. The highest BCUT2D eigenvalue weighted by Crippen LogP contribution is 2.49. The van der Waals surface area contributed by atoms with Gasteiger partial charge in [0.2, 0.25) is 5.75 Å². The van der Waals surface area contributed by atoms with E-state index in [2.05, 4.69) is 5.32 Å². The molecule has 3 aromatic carbocycles. The number of ether oxygens (including phenoxy) is 5. The van der Waals surface area contributed by atoms with Gasteiger partial charge in [-0.15, -0.1) is 0 Å². The van der Waals surface area contributed by atoms with Gasteiger partial charge >= 0.3 is 5.63 Å². The number of hydrogen-bond donors (Lipinski definition) is 1. The maximum Gasteiger partial charge on any atom is 0.344 e. The number of fused-ring (bicyclic) bond motifs is 4. The summed E-state index contributed by atoms with van der Waals surface area (Å²) in [4.78, 5) is 26.9. The molecule has 3 heterocycles. The smallest absolute Gasteiger partial charge is 0.344 e. The molecule has 0 unspecified atom stereocenters. The molecule has 0 radical (unpaired) electrons. The number of anilines is 1. The standard InChI is InChI=1S/C28H23NO8/c1-32-17-9-7-16(8-10-17)29-27(30)26-22(15-13-20(33-2)25-21(14-15)34-11-12-35-25)23-24(37-26)18-5-3-4-6-19(18)36-28(23)31/h3-10,13-14,22,26H,11-12H2,1-2H3,(H,29,30)/t22-,26+/m0/s1. The van der Waals surface area contributed by atoms with E-state index in [1.165, 1.54) is 7.11 Å². The van der Waals surface area contributed by atoms with E-state index in [-0.39, 0.29) is 5.56 Å². The third kappa shape index (κ3) is 3.88. The molecule has 4 aromatic rings. The molecule has 0 saturated heterocycles. The second-order valence-corrected chi connectivity index (χ2v) is 8.61. The predicted molar refractivity (Wildman–Crippen MR) is 134 cm³/mol. The van der Waals surface area contributed by atoms with E-state index in [1.54, 1.807) is 61.7 Å². The van der Waals surface area contributed by atoms with Gasteiger partial charge in [-0.2, -0.15) is 0 Å². The average molecular weight is 501 g/mol. The fraction of sp³-hybridized carbons (Fsp3) is 0.214. The highest BCUT2D eigenvalue weighted by atomic mass is 16.6. The first kappa shape index (κ1) is 22.8. The fourth-order valence-electron chi connectivity index (χ4n) is 4.78. The van der Waals surface area contributed by atoms with Crippen LogP contribution in [0.3, 0.4) is 0 Å². The summed E-state index contributed by atoms with van der Waals surface area (Å²) in [5, 5.41) is 3.49. The highest BCUT2D eigenvalue weighted by molar-refractivity contribution is 5.97. The molecule has 0 bridgehead atoms. The summed E-state index contributed by atoms with van der Waals surface area (Å²) < 4.78 is 34.2. The van der Waals surface area contributed by atoms with Crippen molar-refractivity contribution in [2.75, 3.05) is 32.8 Å². The summed E-state index contributed by atoms with van der Waals surface area (Å²) in [5.74, 6) is 1.13. The van der Waals surface area contributed by atoms with Crippen molar-refractivity contribution in [3.63, 3.8) is 0 Å². The first-order valence-corrected chi connectivity index (χ1v) is 11.7. The van der Waals surface area contributed by atoms with Crippen molar-refractivity contribution in [1.82, 2.24) is 0 Å². The van der Waals surface area contributed by atoms with Crippen LogP contribution in [-0.2, 0) is 4.79 Å². The van der Waals surface area contributed by atoms with Crippen molar-refractivity contribution in [2.24, 2.45) is 0 Å². The number of methoxy groups -OCH3 is 2. The molecule has 0 saturated carbocycles. The van der Waals surface area contributed by atoms with Crippen LogP contribution in [0.4, 0.5) is 5.69 Å². The molecule has 188 valence electrons. The second-order valence-electron chi connectivity index (χ2n) is 8.61. The molecule has 1 N–H and O–H groups in total. The number of benzene rings is 3. The minimum atomic E-state index is -1.07. The maximum atomic E-state index is 13.6. The van der Waals surface area contributed by atoms with Crippen molar-refractivity contribution in [3.05, 3.63) is 82.2 Å². The molecular weight excluding hydrogens is 478 g/mol. The third-order valence-electron chi connectivity index (χ3n) is 6.48. The Morgan fingerprint density at radius 1 is 0.946 bits per heavy atom. The van der Waals surface area contributed by atoms with Crippen LogP contribution in [-0.4, -0.2) is 39.4 Å². The van der Waals surface area contributed by atoms with Gasteiger partial charge in [-0.3, -0.25) is 4.79 Å². The lowest BCUT2D eigenvalue weighted by Gasteiger charge is -2.24. The van der Waals surface area contributed by atoms with E-state index in [0.717, 1.165) is 0 Å². The van der Waals surface area contributed by atoms with E-state index < -0.39 is 23.6 Å². The summed E-state index contributed by atoms with van der Waals surface area (Å²) in [6.45, 7) is 0.756. The van der Waals surface area contributed by atoms with Crippen LogP contribution in [0, 0.1) is 0 Å². The van der Waals surface area contributed by atoms with Gasteiger partial charge in [0.15, 0.2) is 17.6 Å². The van der Waals surface area contributed by atoms with E-state index in [1.807, 2.05) is 6.07 Å². The predicted octanol–water partition coefficient (Wildman–Crippen LogP) is 4.11. The molecule has 9 nitrogen and oxygen atoms in total. The lowest BCUT2D eigenvalue weighted by molar-refractivity contribution is -0.122. The lowest BCUT2D eigenvalue weighted by atomic mass is 9.87. The van der Waals surface area contributed by atoms with Gasteiger partial charge in [0.05, 0.1) is 31.1 Å². The molecule has 2 aliphatic heterocycles. The van der Waals surface area contributed by atoms with Crippen LogP contribution in [0.2, 0.25) is 0 Å². The van der Waals surface area contributed by atoms with Crippen molar-refractivity contribution >= 4 is 22.6 Å². The van der Waals surface area contributed by atoms with Gasteiger partial charge in [0.1, 0.15) is 30.3 Å². The first-order chi connectivity index (χ1) is 18.1. The van der Waals surface area contributed by atoms with Crippen LogP contribution in [0.25, 0.3) is 11.0 Å². The molecule has 2 atom stereocenters. The zero-order chi connectivity index (χ0) is 25.5. The number of hydrogen-bond acceptors (Lipinski definition) is 8. The highest BCUT2D eigenvalue weighted by Gasteiger charge is 2.45. The van der Waals surface area contributed by atoms with Gasteiger partial charge < -0.3 is 33.4 Å². The number of amides is 1. The van der Waals surface area contributed by atoms with Crippen molar-refractivity contribution in [2.45, 2.75) is 12.0 Å². The molecule has 6 rings (SSSR count). The minimum absolute atomic E-state index is 0.257. The topological polar surface area (TPSA) is 105 Å². The van der Waals surface area contributed by atoms with Crippen LogP contribution in [0.1, 0.15) is 17.0 Å². The minimum Gasteiger partial charge on any atom is -0.497 e. The Labute approximate surface area is 211 Å². The van der Waals surface area contributed by atoms with Gasteiger partial charge in [-0.1, -0.05) is 12.1 Å². The summed E-state index contributed by atoms with van der Waals surface area (Å²) >= 11 is 0. The van der Waals surface area contributed by atoms with E-state index >= 15 is 0 Å². The van der Waals surface area contributed by atoms with Crippen LogP contribution < -0.4 is 34.6 Å². The van der Waals surface area contributed by atoms with Gasteiger partial charge in [-0.05, 0) is 54.1 Å². The fourth-order valence-corrected chi connectivity index (χ4v) is 4.78. The van der Waals surface area contributed by atoms with E-state index in [9.17, 15) is 9.59 Å². The first-order valence-electron chi connectivity index (χ1n) is 11.7. The average Bonchev–Trinajstić information content (AvgIpc) is 3.35. The molecule has 0 spiro atoms. The molecule has 9 heteroatoms. The Morgan fingerprint density at radius 3 is 2.51 bits per heavy atom. The summed E-state index contributed by atoms with van der Waals surface area (Å²) in [5.41, 5.74) is 1.21. The van der Waals surface area contributed by atoms with E-state index in [4.69, 9.17) is 28.1 Å². The van der Waals surface area contributed by atoms with Gasteiger partial charge in [0.25, 0.3) is 5.91 Å². The number of carbonyl (C=O) groups excluding carboxylic acids is 1. The quantitative estimate of drug-likeness (QED) is 0.408. The Morgan fingerprint density at radius 2 is 1.73 bits per heavy atom. The SMILES string of the molecule is COc1ccc(NC(=O)[C@@H]2Oc3c(c(=O)oc4ccccc34)[C@@H]2c2cc(OC)c3c(c2)OCCO3)cc1. The molecule has 37 heavy (non-hydrogen) atoms. The van der Waals surface area contributed by atoms with Crippen LogP contribution >= 0.6 is 0 Å². The monoisotopic (exact) mass is 501 g/mol. The molecule has 0 fully saturated rings. The molecule has 1 amide bonds. The number of para-hydroxylation sites is 1. The summed E-state index contributed by atoms with van der Waals surface area (Å²) in [6, 6.07) is 17.5. The molecule has 0 aliphatic carbocycles. The molecule has 2 aliphatic rings. The second kappa shape index (κ2) is 9.09. The van der Waals surface area contributed by atoms with Crippen molar-refractivity contribution in [1.29, 1.82) is 0 Å². The Bertz CT molecular complexity index is 1540. The molecule has 1 aromatic heterocycles. The van der Waals surface area contributed by atoms with Crippen molar-refractivity contribution < 1.29 is 32.9 Å². The Balaban J connectivity index is 1.48. The molecular formula is C28H23NO8. The number of carbonyl (C=O) groups is 1. The van der Waals surface area contributed by atoms with Gasteiger partial charge in [0, 0.05) is 5.69 Å². The maximum absolute atomic E-state index is 13.6. The zero-order valence-corrected chi connectivity index (χ0v) is 20.1. The third-order valence-corrected chi connectivity index (χ3v) is 6.48. The summed E-state index contributed by atoms with van der Waals surface area (Å²) in [7, 11) is 3.09. The van der Waals surface area contributed by atoms with Crippen LogP contribution in [0.5, 0.6) is 28.7 Å².